The van der Waals surface area contributed by atoms with Crippen LogP contribution in [0.5, 0.6) is 0 Å². The molecule has 0 amide bonds. The van der Waals surface area contributed by atoms with Crippen LogP contribution >= 0.6 is 23.1 Å². The van der Waals surface area contributed by atoms with E-state index in [1.165, 1.54) is 29.4 Å². The Hall–Kier alpha value is -1.39. The number of nitrogens with one attached hydrogen (secondary N) is 1. The summed E-state index contributed by atoms with van der Waals surface area (Å²) in [6, 6.07) is 2.09. The van der Waals surface area contributed by atoms with Gasteiger partial charge in [0, 0.05) is 0 Å². The lowest BCUT2D eigenvalue weighted by Crippen LogP contribution is -1.76. The molecule has 0 spiro atoms. The summed E-state index contributed by atoms with van der Waals surface area (Å²) in [7, 11) is 0. The summed E-state index contributed by atoms with van der Waals surface area (Å²) in [5.41, 5.74) is 0.763. The predicted molar refractivity (Wildman–Crippen MR) is 52.1 cm³/mol. The number of thiazole rings is 1. The second-order valence-corrected chi connectivity index (χ2v) is 4.63. The summed E-state index contributed by atoms with van der Waals surface area (Å²) >= 11 is 2.73. The quantitative estimate of drug-likeness (QED) is 0.836. The van der Waals surface area contributed by atoms with Gasteiger partial charge in [-0.05, 0) is 18.7 Å². The summed E-state index contributed by atoms with van der Waals surface area (Å²) < 4.78 is 0.802. The third kappa shape index (κ3) is 1.76. The van der Waals surface area contributed by atoms with Crippen molar-refractivity contribution < 1.29 is 0 Å². The first-order valence-corrected chi connectivity index (χ1v) is 5.33. The van der Waals surface area contributed by atoms with Gasteiger partial charge in [-0.1, -0.05) is 11.3 Å². The lowest BCUT2D eigenvalue weighted by Gasteiger charge is -1.87. The van der Waals surface area contributed by atoms with E-state index in [2.05, 4.69) is 26.2 Å². The van der Waals surface area contributed by atoms with Crippen LogP contribution in [-0.2, 0) is 0 Å². The molecule has 0 atom stereocenters. The van der Waals surface area contributed by atoms with Crippen LogP contribution in [0.15, 0.2) is 15.8 Å². The van der Waals surface area contributed by atoms with Crippen molar-refractivity contribution in [2.75, 3.05) is 0 Å². The molecule has 2 rings (SSSR count). The molecule has 0 aliphatic rings. The molecule has 0 bridgehead atoms. The highest BCUT2D eigenvalue weighted by Gasteiger charge is 2.09. The van der Waals surface area contributed by atoms with Crippen molar-refractivity contribution in [1.82, 2.24) is 20.2 Å². The second kappa shape index (κ2) is 3.77. The number of aromatic amines is 1. The Morgan fingerprint density at radius 3 is 3.07 bits per heavy atom. The third-order valence-corrected chi connectivity index (χ3v) is 3.47. The summed E-state index contributed by atoms with van der Waals surface area (Å²) in [4.78, 5) is 8.83. The van der Waals surface area contributed by atoms with Crippen molar-refractivity contribution >= 4 is 23.1 Å². The van der Waals surface area contributed by atoms with E-state index in [1.54, 1.807) is 0 Å². The predicted octanol–water partition coefficient (Wildman–Crippen LogP) is 1.59. The molecule has 0 fully saturated rings. The first-order chi connectivity index (χ1) is 6.79. The van der Waals surface area contributed by atoms with E-state index in [9.17, 15) is 0 Å². The molecule has 14 heavy (non-hydrogen) atoms. The van der Waals surface area contributed by atoms with Gasteiger partial charge in [0.25, 0.3) is 0 Å². The van der Waals surface area contributed by atoms with Crippen LogP contribution in [-0.4, -0.2) is 20.2 Å². The average molecular weight is 223 g/mol. The number of nitrogens with zero attached hydrogens (tertiary/aromatic N) is 4. The number of nitriles is 1. The maximum Gasteiger partial charge on any atom is 0.190 e. The molecule has 0 aliphatic heterocycles. The number of aromatic nitrogens is 4. The number of H-pyrrole nitrogens is 1. The zero-order valence-electron chi connectivity index (χ0n) is 7.18. The molecular formula is C7H5N5S2. The van der Waals surface area contributed by atoms with Gasteiger partial charge in [0.15, 0.2) is 9.50 Å². The maximum absolute atomic E-state index is 8.73. The van der Waals surface area contributed by atoms with Crippen molar-refractivity contribution in [2.45, 2.75) is 16.4 Å². The van der Waals surface area contributed by atoms with Gasteiger partial charge in [-0.15, -0.1) is 0 Å². The molecule has 2 aromatic heterocycles. The van der Waals surface area contributed by atoms with Crippen LogP contribution in [0.4, 0.5) is 0 Å². The number of hydrogen-bond acceptors (Lipinski definition) is 6. The van der Waals surface area contributed by atoms with Gasteiger partial charge in [0.1, 0.15) is 17.3 Å². The van der Waals surface area contributed by atoms with E-state index in [1.807, 2.05) is 6.92 Å². The van der Waals surface area contributed by atoms with E-state index in [4.69, 9.17) is 5.26 Å². The largest absolute Gasteiger partial charge is 0.254 e. The van der Waals surface area contributed by atoms with Crippen molar-refractivity contribution in [3.63, 3.8) is 0 Å². The van der Waals surface area contributed by atoms with Gasteiger partial charge in [-0.3, -0.25) is 5.10 Å². The summed E-state index contributed by atoms with van der Waals surface area (Å²) in [6.45, 7) is 1.82. The molecule has 0 aromatic carbocycles. The normalized spacial score (nSPS) is 10.0. The Bertz CT molecular complexity index is 467. The molecular weight excluding hydrogens is 218 g/mol. The van der Waals surface area contributed by atoms with E-state index in [0.29, 0.717) is 10.0 Å². The van der Waals surface area contributed by atoms with Crippen molar-refractivity contribution in [1.29, 1.82) is 5.26 Å². The molecule has 70 valence electrons. The Balaban J connectivity index is 2.23. The molecule has 5 nitrogen and oxygen atoms in total. The van der Waals surface area contributed by atoms with Gasteiger partial charge < -0.3 is 0 Å². The summed E-state index contributed by atoms with van der Waals surface area (Å²) in [5, 5.41) is 15.9. The molecule has 7 heteroatoms. The van der Waals surface area contributed by atoms with Gasteiger partial charge >= 0.3 is 0 Å². The van der Waals surface area contributed by atoms with Crippen molar-refractivity contribution in [2.24, 2.45) is 0 Å². The molecule has 0 aliphatic carbocycles. The number of rotatable bonds is 2. The van der Waals surface area contributed by atoms with Crippen LogP contribution in [0.25, 0.3) is 0 Å². The fourth-order valence-corrected chi connectivity index (χ4v) is 2.64. The maximum atomic E-state index is 8.73. The molecule has 0 saturated carbocycles. The van der Waals surface area contributed by atoms with E-state index in [0.717, 1.165) is 10.0 Å². The summed E-state index contributed by atoms with van der Waals surface area (Å²) in [6.07, 6.45) is 1.44. The molecule has 0 unspecified atom stereocenters. The monoisotopic (exact) mass is 223 g/mol. The molecule has 2 aromatic rings. The van der Waals surface area contributed by atoms with E-state index < -0.39 is 0 Å². The fraction of sp³-hybridized carbons (Fsp3) is 0.143. The third-order valence-electron chi connectivity index (χ3n) is 1.46. The van der Waals surface area contributed by atoms with E-state index in [-0.39, 0.29) is 0 Å². The van der Waals surface area contributed by atoms with Gasteiger partial charge in [-0.25, -0.2) is 9.97 Å². The Morgan fingerprint density at radius 1 is 1.64 bits per heavy atom. The van der Waals surface area contributed by atoms with Crippen LogP contribution in [0.3, 0.4) is 0 Å². The topological polar surface area (TPSA) is 78.2 Å². The van der Waals surface area contributed by atoms with Gasteiger partial charge in [0.2, 0.25) is 0 Å². The number of hydrogen-bond donors (Lipinski definition) is 1. The smallest absolute Gasteiger partial charge is 0.190 e. The first kappa shape index (κ1) is 9.18. The van der Waals surface area contributed by atoms with Crippen LogP contribution in [0.2, 0.25) is 0 Å². The second-order valence-electron chi connectivity index (χ2n) is 2.40. The standard InChI is InChI=1S/C7H5N5S2/c1-4-5(2-8)13-7(11-4)14-6-9-3-10-12-6/h3H,1H3,(H,9,10,12). The lowest BCUT2D eigenvalue weighted by molar-refractivity contribution is 0.971. The highest BCUT2D eigenvalue weighted by atomic mass is 32.2. The highest BCUT2D eigenvalue weighted by Crippen LogP contribution is 2.29. The molecule has 0 saturated heterocycles. The highest BCUT2D eigenvalue weighted by molar-refractivity contribution is 8.00. The minimum absolute atomic E-state index is 0.645. The average Bonchev–Trinajstić information content (AvgIpc) is 2.76. The zero-order valence-corrected chi connectivity index (χ0v) is 8.82. The van der Waals surface area contributed by atoms with Crippen LogP contribution < -0.4 is 0 Å². The first-order valence-electron chi connectivity index (χ1n) is 3.70. The lowest BCUT2D eigenvalue weighted by atomic mass is 10.4. The minimum atomic E-state index is 0.645. The summed E-state index contributed by atoms with van der Waals surface area (Å²) in [5.74, 6) is 0. The van der Waals surface area contributed by atoms with Crippen molar-refractivity contribution in [3.8, 4) is 6.07 Å². The fourth-order valence-electron chi connectivity index (χ4n) is 0.845. The molecule has 0 radical (unpaired) electrons. The Kier molecular flexibility index (Phi) is 2.47. The Labute approximate surface area is 88.2 Å². The Morgan fingerprint density at radius 2 is 2.50 bits per heavy atom. The number of aryl methyl sites for hydroxylation is 1. The van der Waals surface area contributed by atoms with Crippen LogP contribution in [0, 0.1) is 18.3 Å². The molecule has 1 N–H and O–H groups in total. The molecule has 2 heterocycles. The van der Waals surface area contributed by atoms with Crippen molar-refractivity contribution in [3.05, 3.63) is 16.9 Å². The zero-order chi connectivity index (χ0) is 9.97. The SMILES string of the molecule is Cc1nc(Sc2ncn[nH]2)sc1C#N. The minimum Gasteiger partial charge on any atom is -0.254 e. The van der Waals surface area contributed by atoms with Gasteiger partial charge in [0.05, 0.1) is 5.69 Å². The van der Waals surface area contributed by atoms with Crippen LogP contribution in [0.1, 0.15) is 10.6 Å². The van der Waals surface area contributed by atoms with Gasteiger partial charge in [-0.2, -0.15) is 10.4 Å². The van der Waals surface area contributed by atoms with E-state index >= 15 is 0 Å².